The van der Waals surface area contributed by atoms with Crippen LogP contribution in [0.4, 0.5) is 0 Å². The molecule has 104 valence electrons. The second-order valence-electron chi connectivity index (χ2n) is 3.87. The molecular weight excluding hydrogens is 326 g/mol. The number of ether oxygens (including phenoxy) is 1. The van der Waals surface area contributed by atoms with Gasteiger partial charge in [-0.15, -0.1) is 0 Å². The van der Waals surface area contributed by atoms with Gasteiger partial charge in [-0.3, -0.25) is 5.43 Å². The number of unbranched alkanes of at least 4 members (excludes halogenated alkanes) is 1. The van der Waals surface area contributed by atoms with Crippen molar-refractivity contribution in [1.29, 1.82) is 0 Å². The van der Waals surface area contributed by atoms with Crippen LogP contribution in [0.5, 0.6) is 5.75 Å². The predicted molar refractivity (Wildman–Crippen MR) is 86.9 cm³/mol. The Kier molecular flexibility index (Phi) is 7.43. The lowest BCUT2D eigenvalue weighted by Gasteiger charge is -2.06. The first kappa shape index (κ1) is 15.9. The zero-order valence-corrected chi connectivity index (χ0v) is 13.5. The molecule has 0 saturated carbocycles. The third-order valence-electron chi connectivity index (χ3n) is 2.38. The molecular formula is C13H18BrN3OS. The number of nitrogens with one attached hydrogen (secondary N) is 2. The molecule has 0 aliphatic carbocycles. The van der Waals surface area contributed by atoms with Gasteiger partial charge in [-0.05, 0) is 36.8 Å². The number of halogens is 1. The lowest BCUT2D eigenvalue weighted by Crippen LogP contribution is -2.32. The van der Waals surface area contributed by atoms with Crippen LogP contribution in [-0.4, -0.2) is 25.0 Å². The van der Waals surface area contributed by atoms with Gasteiger partial charge in [-0.2, -0.15) is 5.10 Å². The topological polar surface area (TPSA) is 45.7 Å². The molecule has 0 saturated heterocycles. The lowest BCUT2D eigenvalue weighted by atomic mass is 10.2. The zero-order chi connectivity index (χ0) is 14.1. The van der Waals surface area contributed by atoms with Gasteiger partial charge in [0, 0.05) is 16.6 Å². The Morgan fingerprint density at radius 3 is 3.00 bits per heavy atom. The van der Waals surface area contributed by atoms with Crippen molar-refractivity contribution < 1.29 is 4.74 Å². The fraction of sp³-hybridized carbons (Fsp3) is 0.385. The molecule has 0 aliphatic rings. The fourth-order valence-corrected chi connectivity index (χ4v) is 1.92. The van der Waals surface area contributed by atoms with Crippen LogP contribution in [-0.2, 0) is 0 Å². The Balaban J connectivity index is 2.52. The molecule has 0 heterocycles. The van der Waals surface area contributed by atoms with E-state index >= 15 is 0 Å². The maximum absolute atomic E-state index is 5.25. The van der Waals surface area contributed by atoms with E-state index in [4.69, 9.17) is 17.0 Å². The maximum atomic E-state index is 5.25. The van der Waals surface area contributed by atoms with Crippen LogP contribution in [0.2, 0.25) is 0 Å². The summed E-state index contributed by atoms with van der Waals surface area (Å²) in [7, 11) is 1.63. The molecule has 0 spiro atoms. The summed E-state index contributed by atoms with van der Waals surface area (Å²) in [5.41, 5.74) is 3.66. The summed E-state index contributed by atoms with van der Waals surface area (Å²) in [6.45, 7) is 2.99. The molecule has 4 nitrogen and oxygen atoms in total. The average Bonchev–Trinajstić information content (AvgIpc) is 2.39. The van der Waals surface area contributed by atoms with Gasteiger partial charge >= 0.3 is 0 Å². The molecule has 19 heavy (non-hydrogen) atoms. The van der Waals surface area contributed by atoms with Crippen molar-refractivity contribution in [2.75, 3.05) is 13.7 Å². The van der Waals surface area contributed by atoms with Crippen LogP contribution in [0.25, 0.3) is 0 Å². The molecule has 0 radical (unpaired) electrons. The number of methoxy groups -OCH3 is 1. The van der Waals surface area contributed by atoms with E-state index in [0.717, 1.165) is 35.2 Å². The summed E-state index contributed by atoms with van der Waals surface area (Å²) in [6, 6.07) is 5.72. The highest BCUT2D eigenvalue weighted by atomic mass is 79.9. The molecule has 1 aromatic rings. The number of hydrogen-bond acceptors (Lipinski definition) is 3. The predicted octanol–water partition coefficient (Wildman–Crippen LogP) is 3.06. The van der Waals surface area contributed by atoms with E-state index in [0.29, 0.717) is 5.11 Å². The van der Waals surface area contributed by atoms with Crippen LogP contribution < -0.4 is 15.5 Å². The van der Waals surface area contributed by atoms with Gasteiger partial charge in [0.05, 0.1) is 13.3 Å². The molecule has 0 amide bonds. The highest BCUT2D eigenvalue weighted by molar-refractivity contribution is 9.10. The van der Waals surface area contributed by atoms with E-state index in [1.165, 1.54) is 0 Å². The second kappa shape index (κ2) is 8.87. The largest absolute Gasteiger partial charge is 0.496 e. The van der Waals surface area contributed by atoms with Crippen molar-refractivity contribution in [3.05, 3.63) is 28.2 Å². The average molecular weight is 344 g/mol. The summed E-state index contributed by atoms with van der Waals surface area (Å²) >= 11 is 8.51. The monoisotopic (exact) mass is 343 g/mol. The van der Waals surface area contributed by atoms with Gasteiger partial charge in [0.2, 0.25) is 0 Å². The first-order chi connectivity index (χ1) is 9.17. The van der Waals surface area contributed by atoms with Crippen molar-refractivity contribution >= 4 is 39.5 Å². The Labute approximate surface area is 127 Å². The van der Waals surface area contributed by atoms with Crippen molar-refractivity contribution in [3.63, 3.8) is 0 Å². The minimum Gasteiger partial charge on any atom is -0.496 e. The first-order valence-corrected chi connectivity index (χ1v) is 7.28. The number of hydrazone groups is 1. The Morgan fingerprint density at radius 1 is 1.53 bits per heavy atom. The third kappa shape index (κ3) is 6.02. The molecule has 1 rings (SSSR count). The van der Waals surface area contributed by atoms with E-state index in [-0.39, 0.29) is 0 Å². The van der Waals surface area contributed by atoms with E-state index in [1.54, 1.807) is 13.3 Å². The van der Waals surface area contributed by atoms with Gasteiger partial charge in [0.15, 0.2) is 5.11 Å². The number of rotatable bonds is 6. The number of benzene rings is 1. The van der Waals surface area contributed by atoms with E-state index in [9.17, 15) is 0 Å². The minimum absolute atomic E-state index is 0.527. The number of thiocarbonyl (C=S) groups is 1. The van der Waals surface area contributed by atoms with Crippen molar-refractivity contribution in [3.8, 4) is 5.75 Å². The maximum Gasteiger partial charge on any atom is 0.186 e. The van der Waals surface area contributed by atoms with Crippen molar-refractivity contribution in [1.82, 2.24) is 10.7 Å². The van der Waals surface area contributed by atoms with E-state index < -0.39 is 0 Å². The number of nitrogens with zero attached hydrogens (tertiary/aromatic N) is 1. The Bertz CT molecular complexity index is 452. The van der Waals surface area contributed by atoms with E-state index in [2.05, 4.69) is 38.7 Å². The highest BCUT2D eigenvalue weighted by Gasteiger charge is 2.00. The van der Waals surface area contributed by atoms with Gasteiger partial charge < -0.3 is 10.1 Å². The van der Waals surface area contributed by atoms with E-state index in [1.807, 2.05) is 18.2 Å². The van der Waals surface area contributed by atoms with Crippen LogP contribution in [0, 0.1) is 0 Å². The normalized spacial score (nSPS) is 10.5. The second-order valence-corrected chi connectivity index (χ2v) is 5.19. The van der Waals surface area contributed by atoms with Crippen LogP contribution in [0.1, 0.15) is 25.3 Å². The third-order valence-corrected chi connectivity index (χ3v) is 3.11. The summed E-state index contributed by atoms with van der Waals surface area (Å²) in [4.78, 5) is 0. The van der Waals surface area contributed by atoms with Gasteiger partial charge in [0.1, 0.15) is 5.75 Å². The molecule has 0 bridgehead atoms. The van der Waals surface area contributed by atoms with Crippen LogP contribution in [0.15, 0.2) is 27.8 Å². The SMILES string of the molecule is CCCCNC(=S)N/N=C\c1cc(Br)ccc1OC. The van der Waals surface area contributed by atoms with Gasteiger partial charge in [0.25, 0.3) is 0 Å². The molecule has 6 heteroatoms. The molecule has 1 aromatic carbocycles. The number of hydrogen-bond donors (Lipinski definition) is 2. The molecule has 0 unspecified atom stereocenters. The summed E-state index contributed by atoms with van der Waals surface area (Å²) in [6.07, 6.45) is 3.90. The fourth-order valence-electron chi connectivity index (χ4n) is 1.38. The van der Waals surface area contributed by atoms with Crippen molar-refractivity contribution in [2.24, 2.45) is 5.10 Å². The molecule has 2 N–H and O–H groups in total. The summed E-state index contributed by atoms with van der Waals surface area (Å²) < 4.78 is 6.22. The molecule has 0 atom stereocenters. The Morgan fingerprint density at radius 2 is 2.32 bits per heavy atom. The lowest BCUT2D eigenvalue weighted by molar-refractivity contribution is 0.414. The standard InChI is InChI=1S/C13H18BrN3OS/c1-3-4-7-15-13(19)17-16-9-10-8-11(14)5-6-12(10)18-2/h5-6,8-9H,3-4,7H2,1-2H3,(H2,15,17,19)/b16-9-. The highest BCUT2D eigenvalue weighted by Crippen LogP contribution is 2.21. The minimum atomic E-state index is 0.527. The summed E-state index contributed by atoms with van der Waals surface area (Å²) in [5.74, 6) is 0.763. The zero-order valence-electron chi connectivity index (χ0n) is 11.1. The molecule has 0 aliphatic heterocycles. The smallest absolute Gasteiger partial charge is 0.186 e. The van der Waals surface area contributed by atoms with Gasteiger partial charge in [-0.25, -0.2) is 0 Å². The first-order valence-electron chi connectivity index (χ1n) is 6.07. The van der Waals surface area contributed by atoms with Crippen LogP contribution in [0.3, 0.4) is 0 Å². The van der Waals surface area contributed by atoms with Crippen LogP contribution >= 0.6 is 28.1 Å². The Hall–Kier alpha value is -1.14. The van der Waals surface area contributed by atoms with Gasteiger partial charge in [-0.1, -0.05) is 29.3 Å². The van der Waals surface area contributed by atoms with Crippen molar-refractivity contribution in [2.45, 2.75) is 19.8 Å². The molecule has 0 aromatic heterocycles. The quantitative estimate of drug-likeness (QED) is 0.360. The summed E-state index contributed by atoms with van der Waals surface area (Å²) in [5, 5.41) is 7.69. The molecule has 0 fully saturated rings.